The smallest absolute Gasteiger partial charge is 0.303 e. The Morgan fingerprint density at radius 1 is 0.933 bits per heavy atom. The third kappa shape index (κ3) is 5.70. The van der Waals surface area contributed by atoms with Crippen molar-refractivity contribution in [3.63, 3.8) is 0 Å². The van der Waals surface area contributed by atoms with Crippen LogP contribution in [0.15, 0.2) is 22.8 Å². The highest BCUT2D eigenvalue weighted by atomic mass is 16.6. The van der Waals surface area contributed by atoms with Crippen molar-refractivity contribution >= 4 is 23.7 Å². The number of Topliss-reactive ketones (excluding diaryl/α,β-unsaturated/α-hetero) is 1. The lowest BCUT2D eigenvalue weighted by molar-refractivity contribution is -0.169. The molecule has 0 aromatic rings. The van der Waals surface area contributed by atoms with Crippen LogP contribution >= 0.6 is 0 Å². The van der Waals surface area contributed by atoms with Crippen LogP contribution in [0.5, 0.6) is 0 Å². The molecule has 10 atom stereocenters. The van der Waals surface area contributed by atoms with Gasteiger partial charge in [-0.25, -0.2) is 0 Å². The Morgan fingerprint density at radius 2 is 1.53 bits per heavy atom. The highest BCUT2D eigenvalue weighted by Gasteiger charge is 2.72. The molecular weight excluding hydrogens is 576 g/mol. The zero-order valence-corrected chi connectivity index (χ0v) is 28.8. The fraction of sp³-hybridized carbons (Fsp3) is 0.778. The summed E-state index contributed by atoms with van der Waals surface area (Å²) in [6.45, 7) is 17.7. The van der Waals surface area contributed by atoms with Gasteiger partial charge < -0.3 is 24.4 Å². The second-order valence-electron chi connectivity index (χ2n) is 15.5. The summed E-state index contributed by atoms with van der Waals surface area (Å²) in [6, 6.07) is 0. The Labute approximate surface area is 268 Å². The molecule has 252 valence electrons. The zero-order valence-electron chi connectivity index (χ0n) is 28.8. The summed E-state index contributed by atoms with van der Waals surface area (Å²) in [5.74, 6) is -2.32. The van der Waals surface area contributed by atoms with Crippen molar-refractivity contribution in [1.29, 1.82) is 0 Å². The van der Waals surface area contributed by atoms with E-state index in [-0.39, 0.29) is 37.1 Å². The van der Waals surface area contributed by atoms with Gasteiger partial charge in [0, 0.05) is 49.9 Å². The quantitative estimate of drug-likeness (QED) is 0.209. The molecule has 0 aromatic carbocycles. The summed E-state index contributed by atoms with van der Waals surface area (Å²) in [4.78, 5) is 51.0. The molecular formula is C36H54O9. The van der Waals surface area contributed by atoms with Crippen LogP contribution in [0.1, 0.15) is 108 Å². The number of aliphatic hydroxyl groups is 2. The third-order valence-electron chi connectivity index (χ3n) is 12.3. The average molecular weight is 631 g/mol. The van der Waals surface area contributed by atoms with Crippen molar-refractivity contribution < 1.29 is 43.6 Å². The Bertz CT molecular complexity index is 1290. The Kier molecular flexibility index (Phi) is 9.62. The van der Waals surface area contributed by atoms with E-state index in [4.69, 9.17) is 14.2 Å². The van der Waals surface area contributed by atoms with E-state index in [0.29, 0.717) is 25.7 Å². The number of ether oxygens (including phenoxy) is 3. The van der Waals surface area contributed by atoms with Crippen molar-refractivity contribution in [3.05, 3.63) is 22.8 Å². The molecule has 0 unspecified atom stereocenters. The standard InChI is InChI=1S/C36H54O9/c1-19(2)11-12-25(43-21(4)38)20(3)30-24(41)16-35(10)32-26(44-22(5)39)15-28-33(7,8)29(42)13-14-34(28,9)31(32)27(45-23(6)40)17-36(30,35)18-37/h11,20,24-28,30,37,41H,12-18H2,1-10H3/t20-,24+,25+,26-,27+,28+,30+,34+,35+,36+/m1/s1. The van der Waals surface area contributed by atoms with E-state index in [2.05, 4.69) is 6.92 Å². The maximum Gasteiger partial charge on any atom is 0.303 e. The van der Waals surface area contributed by atoms with E-state index >= 15 is 0 Å². The second-order valence-corrected chi connectivity index (χ2v) is 15.5. The van der Waals surface area contributed by atoms with Gasteiger partial charge in [-0.2, -0.15) is 0 Å². The number of ketones is 1. The van der Waals surface area contributed by atoms with E-state index in [1.54, 1.807) is 0 Å². The molecule has 0 bridgehead atoms. The minimum atomic E-state index is -1.00. The molecule has 2 saturated carbocycles. The lowest BCUT2D eigenvalue weighted by Gasteiger charge is -2.63. The van der Waals surface area contributed by atoms with Gasteiger partial charge in [-0.05, 0) is 73.8 Å². The largest absolute Gasteiger partial charge is 0.462 e. The summed E-state index contributed by atoms with van der Waals surface area (Å²) in [5.41, 5.74) is -0.376. The maximum atomic E-state index is 13.3. The van der Waals surface area contributed by atoms with Gasteiger partial charge in [0.05, 0.1) is 12.7 Å². The lowest BCUT2D eigenvalue weighted by atomic mass is 9.42. The molecule has 0 aromatic heterocycles. The van der Waals surface area contributed by atoms with E-state index in [1.807, 2.05) is 47.6 Å². The number of hydrogen-bond acceptors (Lipinski definition) is 9. The summed E-state index contributed by atoms with van der Waals surface area (Å²) < 4.78 is 18.1. The molecule has 4 aliphatic carbocycles. The molecule has 4 rings (SSSR count). The molecule has 45 heavy (non-hydrogen) atoms. The van der Waals surface area contributed by atoms with Gasteiger partial charge in [-0.15, -0.1) is 0 Å². The van der Waals surface area contributed by atoms with E-state index in [0.717, 1.165) is 16.7 Å². The lowest BCUT2D eigenvalue weighted by Crippen LogP contribution is -2.62. The van der Waals surface area contributed by atoms with Gasteiger partial charge in [0.25, 0.3) is 0 Å². The van der Waals surface area contributed by atoms with Crippen molar-refractivity contribution in [2.45, 2.75) is 132 Å². The van der Waals surface area contributed by atoms with Gasteiger partial charge >= 0.3 is 17.9 Å². The number of allylic oxidation sites excluding steroid dienone is 1. The van der Waals surface area contributed by atoms with Gasteiger partial charge in [-0.1, -0.05) is 46.3 Å². The van der Waals surface area contributed by atoms with E-state index in [1.165, 1.54) is 20.8 Å². The predicted molar refractivity (Wildman–Crippen MR) is 167 cm³/mol. The van der Waals surface area contributed by atoms with E-state index < -0.39 is 69.9 Å². The van der Waals surface area contributed by atoms with Crippen molar-refractivity contribution in [2.75, 3.05) is 6.61 Å². The van der Waals surface area contributed by atoms with Crippen LogP contribution in [0.3, 0.4) is 0 Å². The molecule has 9 heteroatoms. The van der Waals surface area contributed by atoms with Crippen molar-refractivity contribution in [1.82, 2.24) is 0 Å². The topological polar surface area (TPSA) is 136 Å². The molecule has 0 amide bonds. The first-order chi connectivity index (χ1) is 20.8. The first kappa shape index (κ1) is 35.3. The number of esters is 3. The second kappa shape index (κ2) is 12.3. The Hall–Kier alpha value is -2.52. The highest BCUT2D eigenvalue weighted by Crippen LogP contribution is 2.73. The maximum absolute atomic E-state index is 13.3. The summed E-state index contributed by atoms with van der Waals surface area (Å²) in [5, 5.41) is 23.5. The number of rotatable bonds is 8. The van der Waals surface area contributed by atoms with Gasteiger partial charge in [0.15, 0.2) is 0 Å². The monoisotopic (exact) mass is 630 g/mol. The van der Waals surface area contributed by atoms with Crippen LogP contribution in [-0.4, -0.2) is 64.9 Å². The molecule has 2 N–H and O–H groups in total. The first-order valence-electron chi connectivity index (χ1n) is 16.5. The summed E-state index contributed by atoms with van der Waals surface area (Å²) >= 11 is 0. The molecule has 0 heterocycles. The Balaban J connectivity index is 1.99. The molecule has 0 spiro atoms. The summed E-state index contributed by atoms with van der Waals surface area (Å²) in [7, 11) is 0. The number of carbonyl (C=O) groups excluding carboxylic acids is 4. The minimum absolute atomic E-state index is 0.157. The van der Waals surface area contributed by atoms with Gasteiger partial charge in [-0.3, -0.25) is 19.2 Å². The van der Waals surface area contributed by atoms with Crippen LogP contribution in [0, 0.1) is 39.4 Å². The molecule has 0 radical (unpaired) electrons. The number of aliphatic hydroxyl groups excluding tert-OH is 2. The zero-order chi connectivity index (χ0) is 33.9. The number of carbonyl (C=O) groups is 4. The van der Waals surface area contributed by atoms with E-state index in [9.17, 15) is 29.4 Å². The van der Waals surface area contributed by atoms with Crippen LogP contribution in [0.4, 0.5) is 0 Å². The molecule has 4 aliphatic rings. The van der Waals surface area contributed by atoms with Crippen molar-refractivity contribution in [2.24, 2.45) is 39.4 Å². The van der Waals surface area contributed by atoms with Crippen LogP contribution in [0.25, 0.3) is 0 Å². The minimum Gasteiger partial charge on any atom is -0.462 e. The SMILES string of the molecule is CC(=O)O[C@H]1C[C@]2(CO)[C@@H]([C@H](C)[C@H](CC=C(C)C)OC(C)=O)[C@@H](O)C[C@@]2(C)C2=C1[C@@]1(C)CCC(=O)C(C)(C)[C@@H]1C[C@H]2OC(C)=O. The predicted octanol–water partition coefficient (Wildman–Crippen LogP) is 5.26. The van der Waals surface area contributed by atoms with Crippen LogP contribution < -0.4 is 0 Å². The average Bonchev–Trinajstić information content (AvgIpc) is 3.14. The van der Waals surface area contributed by atoms with Gasteiger partial charge in [0.2, 0.25) is 0 Å². The molecule has 2 fully saturated rings. The normalized spacial score (nSPS) is 38.2. The third-order valence-corrected chi connectivity index (χ3v) is 12.3. The fourth-order valence-corrected chi connectivity index (χ4v) is 10.4. The molecule has 9 nitrogen and oxygen atoms in total. The van der Waals surface area contributed by atoms with Gasteiger partial charge in [0.1, 0.15) is 24.1 Å². The highest BCUT2D eigenvalue weighted by molar-refractivity contribution is 5.86. The van der Waals surface area contributed by atoms with Crippen LogP contribution in [-0.2, 0) is 33.4 Å². The Morgan fingerprint density at radius 3 is 2.07 bits per heavy atom. The number of fused-ring (bicyclic) bond motifs is 4. The summed E-state index contributed by atoms with van der Waals surface area (Å²) in [6.07, 6.45) is 1.37. The molecule has 0 saturated heterocycles. The van der Waals surface area contributed by atoms with Crippen LogP contribution in [0.2, 0.25) is 0 Å². The molecule has 0 aliphatic heterocycles. The fourth-order valence-electron chi connectivity index (χ4n) is 10.4. The first-order valence-corrected chi connectivity index (χ1v) is 16.5. The number of hydrogen-bond donors (Lipinski definition) is 2. The van der Waals surface area contributed by atoms with Crippen molar-refractivity contribution in [3.8, 4) is 0 Å².